The Bertz CT molecular complexity index is 1540. The summed E-state index contributed by atoms with van der Waals surface area (Å²) in [7, 11) is -2.72. The summed E-state index contributed by atoms with van der Waals surface area (Å²) in [5, 5.41) is 3.24. The fraction of sp³-hybridized carbons (Fsp3) is 0.375. The highest BCUT2D eigenvalue weighted by atomic mass is 35.5. The summed E-state index contributed by atoms with van der Waals surface area (Å²) in [6.07, 6.45) is 4.99. The normalized spacial score (nSPS) is 14.5. The summed E-state index contributed by atoms with van der Waals surface area (Å²) in [5.74, 6) is -0.281. The SMILES string of the molecule is COc1cccc(CN(C(=O)CN(c2cccc(Cl)c2Cl)S(=O)(=O)c2ccc(C)cc2)C(C)C(=O)NC2CCCCC2)c1. The first kappa shape index (κ1) is 32.6. The molecule has 4 rings (SSSR count). The van der Waals surface area contributed by atoms with Gasteiger partial charge in [-0.1, -0.05) is 78.4 Å². The fourth-order valence-electron chi connectivity index (χ4n) is 5.15. The van der Waals surface area contributed by atoms with Gasteiger partial charge in [0.2, 0.25) is 11.8 Å². The van der Waals surface area contributed by atoms with Crippen LogP contribution in [0.25, 0.3) is 0 Å². The predicted molar refractivity (Wildman–Crippen MR) is 170 cm³/mol. The van der Waals surface area contributed by atoms with E-state index in [0.717, 1.165) is 47.5 Å². The van der Waals surface area contributed by atoms with E-state index in [1.54, 1.807) is 56.5 Å². The first-order valence-corrected chi connectivity index (χ1v) is 16.5. The predicted octanol–water partition coefficient (Wildman–Crippen LogP) is 6.37. The maximum atomic E-state index is 14.2. The van der Waals surface area contributed by atoms with Crippen molar-refractivity contribution < 1.29 is 22.7 Å². The minimum atomic E-state index is -4.27. The van der Waals surface area contributed by atoms with Crippen molar-refractivity contribution in [2.45, 2.75) is 69.5 Å². The summed E-state index contributed by atoms with van der Waals surface area (Å²) in [6.45, 7) is 2.95. The summed E-state index contributed by atoms with van der Waals surface area (Å²) >= 11 is 12.8. The Morgan fingerprint density at radius 2 is 1.67 bits per heavy atom. The monoisotopic (exact) mass is 645 g/mol. The standard InChI is InChI=1S/C32H37Cl2N3O5S/c1-22-15-17-27(18-16-22)43(40,41)37(29-14-8-13-28(33)31(29)34)21-30(38)36(20-24-9-7-12-26(19-24)42-3)23(2)32(39)35-25-10-5-4-6-11-25/h7-9,12-19,23,25H,4-6,10-11,20-21H2,1-3H3,(H,35,39). The highest BCUT2D eigenvalue weighted by Crippen LogP contribution is 2.35. The fourth-order valence-corrected chi connectivity index (χ4v) is 7.03. The highest BCUT2D eigenvalue weighted by molar-refractivity contribution is 7.92. The van der Waals surface area contributed by atoms with Crippen molar-refractivity contribution in [2.24, 2.45) is 0 Å². The van der Waals surface area contributed by atoms with Gasteiger partial charge in [0.15, 0.2) is 0 Å². The largest absolute Gasteiger partial charge is 0.497 e. The van der Waals surface area contributed by atoms with Gasteiger partial charge in [0, 0.05) is 12.6 Å². The summed E-state index contributed by atoms with van der Waals surface area (Å²) in [5.41, 5.74) is 1.66. The zero-order chi connectivity index (χ0) is 31.1. The van der Waals surface area contributed by atoms with Crippen LogP contribution in [0.4, 0.5) is 5.69 Å². The molecule has 0 saturated heterocycles. The maximum absolute atomic E-state index is 14.2. The van der Waals surface area contributed by atoms with Crippen LogP contribution in [0.1, 0.15) is 50.2 Å². The van der Waals surface area contributed by atoms with Crippen LogP contribution in [-0.2, 0) is 26.2 Å². The third-order valence-corrected chi connectivity index (χ3v) is 10.3. The van der Waals surface area contributed by atoms with Gasteiger partial charge in [-0.2, -0.15) is 0 Å². The number of carbonyl (C=O) groups excluding carboxylic acids is 2. The molecule has 43 heavy (non-hydrogen) atoms. The van der Waals surface area contributed by atoms with Crippen molar-refractivity contribution in [2.75, 3.05) is 18.0 Å². The first-order chi connectivity index (χ1) is 20.5. The van der Waals surface area contributed by atoms with Crippen molar-refractivity contribution in [1.29, 1.82) is 0 Å². The number of halogens is 2. The minimum absolute atomic E-state index is 0.00455. The van der Waals surface area contributed by atoms with Gasteiger partial charge in [0.25, 0.3) is 10.0 Å². The Morgan fingerprint density at radius 1 is 1.00 bits per heavy atom. The maximum Gasteiger partial charge on any atom is 0.264 e. The molecule has 0 radical (unpaired) electrons. The van der Waals surface area contributed by atoms with Gasteiger partial charge in [-0.05, 0) is 68.7 Å². The van der Waals surface area contributed by atoms with Crippen LogP contribution < -0.4 is 14.4 Å². The average molecular weight is 647 g/mol. The molecule has 1 unspecified atom stereocenters. The molecule has 230 valence electrons. The molecule has 0 aromatic heterocycles. The van der Waals surface area contributed by atoms with Gasteiger partial charge in [0.1, 0.15) is 18.3 Å². The van der Waals surface area contributed by atoms with Gasteiger partial charge >= 0.3 is 0 Å². The number of aryl methyl sites for hydroxylation is 1. The molecule has 0 heterocycles. The third-order valence-electron chi connectivity index (χ3n) is 7.69. The van der Waals surface area contributed by atoms with E-state index < -0.39 is 28.5 Å². The molecule has 1 N–H and O–H groups in total. The van der Waals surface area contributed by atoms with E-state index >= 15 is 0 Å². The van der Waals surface area contributed by atoms with E-state index in [9.17, 15) is 18.0 Å². The van der Waals surface area contributed by atoms with Crippen LogP contribution >= 0.6 is 23.2 Å². The van der Waals surface area contributed by atoms with E-state index in [1.807, 2.05) is 13.0 Å². The molecule has 0 aliphatic heterocycles. The van der Waals surface area contributed by atoms with Crippen molar-refractivity contribution in [3.05, 3.63) is 87.9 Å². The Morgan fingerprint density at radius 3 is 2.35 bits per heavy atom. The molecule has 11 heteroatoms. The van der Waals surface area contributed by atoms with E-state index in [0.29, 0.717) is 5.75 Å². The molecule has 8 nitrogen and oxygen atoms in total. The number of hydrogen-bond acceptors (Lipinski definition) is 5. The molecule has 1 saturated carbocycles. The molecule has 3 aromatic carbocycles. The number of rotatable bonds is 11. The summed E-state index contributed by atoms with van der Waals surface area (Å²) < 4.78 is 34.4. The Kier molecular flexibility index (Phi) is 11.0. The number of nitrogens with one attached hydrogen (secondary N) is 1. The number of benzene rings is 3. The minimum Gasteiger partial charge on any atom is -0.497 e. The second-order valence-electron chi connectivity index (χ2n) is 10.8. The van der Waals surface area contributed by atoms with Crippen LogP contribution in [0.3, 0.4) is 0 Å². The van der Waals surface area contributed by atoms with E-state index in [4.69, 9.17) is 27.9 Å². The number of amides is 2. The number of hydrogen-bond donors (Lipinski definition) is 1. The number of ether oxygens (including phenoxy) is 1. The lowest BCUT2D eigenvalue weighted by molar-refractivity contribution is -0.139. The smallest absolute Gasteiger partial charge is 0.264 e. The van der Waals surface area contributed by atoms with Crippen molar-refractivity contribution in [1.82, 2.24) is 10.2 Å². The molecule has 1 aliphatic rings. The second kappa shape index (κ2) is 14.5. The van der Waals surface area contributed by atoms with Crippen molar-refractivity contribution >= 4 is 50.7 Å². The Hall–Kier alpha value is -3.27. The van der Waals surface area contributed by atoms with Gasteiger partial charge in [0.05, 0.1) is 27.7 Å². The third kappa shape index (κ3) is 8.02. The Balaban J connectivity index is 1.72. The summed E-state index contributed by atoms with van der Waals surface area (Å²) in [6, 6.07) is 17.3. The molecular formula is C32H37Cl2N3O5S. The van der Waals surface area contributed by atoms with Gasteiger partial charge in [-0.15, -0.1) is 0 Å². The zero-order valence-corrected chi connectivity index (χ0v) is 26.9. The lowest BCUT2D eigenvalue weighted by atomic mass is 9.95. The molecule has 2 amide bonds. The molecule has 1 atom stereocenters. The number of anilines is 1. The quantitative estimate of drug-likeness (QED) is 0.261. The lowest BCUT2D eigenvalue weighted by Gasteiger charge is -2.33. The van der Waals surface area contributed by atoms with Crippen LogP contribution in [-0.4, -0.2) is 50.9 Å². The zero-order valence-electron chi connectivity index (χ0n) is 24.6. The molecule has 0 spiro atoms. The molecule has 1 fully saturated rings. The van der Waals surface area contributed by atoms with Crippen LogP contribution in [0, 0.1) is 6.92 Å². The van der Waals surface area contributed by atoms with E-state index in [-0.39, 0.29) is 39.1 Å². The number of sulfonamides is 1. The number of carbonyl (C=O) groups is 2. The van der Waals surface area contributed by atoms with Gasteiger partial charge in [-0.3, -0.25) is 13.9 Å². The van der Waals surface area contributed by atoms with Crippen LogP contribution in [0.15, 0.2) is 71.6 Å². The van der Waals surface area contributed by atoms with Gasteiger partial charge in [-0.25, -0.2) is 8.42 Å². The molecule has 0 bridgehead atoms. The molecule has 3 aromatic rings. The van der Waals surface area contributed by atoms with Crippen LogP contribution in [0.5, 0.6) is 5.75 Å². The van der Waals surface area contributed by atoms with Crippen LogP contribution in [0.2, 0.25) is 10.0 Å². The van der Waals surface area contributed by atoms with Crippen molar-refractivity contribution in [3.8, 4) is 5.75 Å². The Labute approximate surface area is 264 Å². The van der Waals surface area contributed by atoms with E-state index in [2.05, 4.69) is 5.32 Å². The van der Waals surface area contributed by atoms with Crippen molar-refractivity contribution in [3.63, 3.8) is 0 Å². The lowest BCUT2D eigenvalue weighted by Crippen LogP contribution is -2.53. The highest BCUT2D eigenvalue weighted by Gasteiger charge is 2.34. The van der Waals surface area contributed by atoms with Gasteiger partial charge < -0.3 is 15.0 Å². The topological polar surface area (TPSA) is 96.0 Å². The number of methoxy groups -OCH3 is 1. The first-order valence-electron chi connectivity index (χ1n) is 14.3. The summed E-state index contributed by atoms with van der Waals surface area (Å²) in [4.78, 5) is 29.0. The molecule has 1 aliphatic carbocycles. The second-order valence-corrected chi connectivity index (χ2v) is 13.4. The number of nitrogens with zero attached hydrogens (tertiary/aromatic N) is 2. The average Bonchev–Trinajstić information content (AvgIpc) is 3.00. The molecular weight excluding hydrogens is 609 g/mol. The van der Waals surface area contributed by atoms with E-state index in [1.165, 1.54) is 23.1 Å².